The van der Waals surface area contributed by atoms with Gasteiger partial charge in [0.15, 0.2) is 0 Å². The van der Waals surface area contributed by atoms with Crippen molar-refractivity contribution in [3.63, 3.8) is 0 Å². The van der Waals surface area contributed by atoms with Gasteiger partial charge in [0, 0.05) is 24.6 Å². The Morgan fingerprint density at radius 2 is 1.83 bits per heavy atom. The molecule has 0 radical (unpaired) electrons. The molecule has 0 saturated heterocycles. The number of anilines is 1. The van der Waals surface area contributed by atoms with Gasteiger partial charge in [0.05, 0.1) is 0 Å². The number of para-hydroxylation sites is 1. The SMILES string of the molecule is CCC(=O)CCC(CC)Nc1c(C)cccc1C. The molecule has 1 rings (SSSR count). The van der Waals surface area contributed by atoms with E-state index in [9.17, 15) is 4.79 Å². The van der Waals surface area contributed by atoms with Crippen LogP contribution >= 0.6 is 0 Å². The highest BCUT2D eigenvalue weighted by molar-refractivity contribution is 5.78. The van der Waals surface area contributed by atoms with E-state index in [4.69, 9.17) is 0 Å². The first kappa shape index (κ1) is 14.7. The first-order valence-corrected chi connectivity index (χ1v) is 6.92. The van der Waals surface area contributed by atoms with Crippen LogP contribution in [-0.2, 0) is 4.79 Å². The molecule has 0 spiro atoms. The van der Waals surface area contributed by atoms with E-state index < -0.39 is 0 Å². The summed E-state index contributed by atoms with van der Waals surface area (Å²) >= 11 is 0. The molecule has 1 aromatic rings. The van der Waals surface area contributed by atoms with Crippen LogP contribution in [0.25, 0.3) is 0 Å². The maximum absolute atomic E-state index is 11.4. The molecule has 1 unspecified atom stereocenters. The zero-order valence-corrected chi connectivity index (χ0v) is 12.0. The van der Waals surface area contributed by atoms with Crippen molar-refractivity contribution >= 4 is 11.5 Å². The Bertz CT molecular complexity index is 378. The van der Waals surface area contributed by atoms with Crippen LogP contribution in [0, 0.1) is 13.8 Å². The van der Waals surface area contributed by atoms with Crippen molar-refractivity contribution in [3.05, 3.63) is 29.3 Å². The predicted octanol–water partition coefficient (Wildman–Crippen LogP) is 4.25. The molecule has 2 heteroatoms. The van der Waals surface area contributed by atoms with Crippen molar-refractivity contribution in [1.29, 1.82) is 0 Å². The number of ketones is 1. The molecular weight excluding hydrogens is 222 g/mol. The van der Waals surface area contributed by atoms with E-state index in [1.807, 2.05) is 6.92 Å². The van der Waals surface area contributed by atoms with E-state index in [-0.39, 0.29) is 0 Å². The van der Waals surface area contributed by atoms with E-state index in [1.165, 1.54) is 16.8 Å². The molecule has 0 bridgehead atoms. The Morgan fingerprint density at radius 3 is 2.33 bits per heavy atom. The van der Waals surface area contributed by atoms with Crippen molar-refractivity contribution in [1.82, 2.24) is 0 Å². The molecule has 1 atom stereocenters. The number of carbonyl (C=O) groups excluding carboxylic acids is 1. The van der Waals surface area contributed by atoms with Crippen molar-refractivity contribution in [2.24, 2.45) is 0 Å². The van der Waals surface area contributed by atoms with Gasteiger partial charge >= 0.3 is 0 Å². The van der Waals surface area contributed by atoms with Crippen LogP contribution in [0.15, 0.2) is 18.2 Å². The number of carbonyl (C=O) groups is 1. The summed E-state index contributed by atoms with van der Waals surface area (Å²) in [5.41, 5.74) is 3.78. The molecule has 0 saturated carbocycles. The van der Waals surface area contributed by atoms with Gasteiger partial charge in [-0.15, -0.1) is 0 Å². The molecule has 2 nitrogen and oxygen atoms in total. The Kier molecular flexibility index (Phi) is 5.90. The third-order valence-corrected chi connectivity index (χ3v) is 3.49. The highest BCUT2D eigenvalue weighted by Crippen LogP contribution is 2.22. The summed E-state index contributed by atoms with van der Waals surface area (Å²) in [6.07, 6.45) is 3.31. The number of hydrogen-bond donors (Lipinski definition) is 1. The smallest absolute Gasteiger partial charge is 0.132 e. The maximum atomic E-state index is 11.4. The summed E-state index contributed by atoms with van der Waals surface area (Å²) in [4.78, 5) is 11.4. The van der Waals surface area contributed by atoms with E-state index in [0.29, 0.717) is 24.7 Å². The van der Waals surface area contributed by atoms with Gasteiger partial charge in [-0.1, -0.05) is 32.0 Å². The second-order valence-electron chi connectivity index (χ2n) is 4.95. The van der Waals surface area contributed by atoms with Gasteiger partial charge in [-0.05, 0) is 37.8 Å². The molecular formula is C16H25NO. The summed E-state index contributed by atoms with van der Waals surface area (Å²) in [7, 11) is 0. The van der Waals surface area contributed by atoms with Crippen LogP contribution in [-0.4, -0.2) is 11.8 Å². The van der Waals surface area contributed by atoms with E-state index in [2.05, 4.69) is 44.3 Å². The van der Waals surface area contributed by atoms with Gasteiger partial charge < -0.3 is 5.32 Å². The van der Waals surface area contributed by atoms with Crippen molar-refractivity contribution < 1.29 is 4.79 Å². The van der Waals surface area contributed by atoms with Crippen LogP contribution < -0.4 is 5.32 Å². The van der Waals surface area contributed by atoms with Crippen LogP contribution in [0.4, 0.5) is 5.69 Å². The Labute approximate surface area is 111 Å². The first-order valence-electron chi connectivity index (χ1n) is 6.92. The zero-order chi connectivity index (χ0) is 13.5. The molecule has 100 valence electrons. The van der Waals surface area contributed by atoms with Gasteiger partial charge in [0.1, 0.15) is 5.78 Å². The number of rotatable bonds is 7. The third kappa shape index (κ3) is 4.17. The van der Waals surface area contributed by atoms with Crippen molar-refractivity contribution in [2.75, 3.05) is 5.32 Å². The normalized spacial score (nSPS) is 12.2. The Balaban J connectivity index is 2.65. The fourth-order valence-electron chi connectivity index (χ4n) is 2.14. The Hall–Kier alpha value is -1.31. The Morgan fingerprint density at radius 1 is 1.22 bits per heavy atom. The lowest BCUT2D eigenvalue weighted by Gasteiger charge is -2.21. The van der Waals surface area contributed by atoms with Gasteiger partial charge in [-0.3, -0.25) is 4.79 Å². The first-order chi connectivity index (χ1) is 8.58. The van der Waals surface area contributed by atoms with Crippen molar-refractivity contribution in [2.45, 2.75) is 59.4 Å². The molecule has 0 heterocycles. The molecule has 0 aliphatic rings. The average Bonchev–Trinajstić information content (AvgIpc) is 2.37. The third-order valence-electron chi connectivity index (χ3n) is 3.49. The molecule has 0 aliphatic heterocycles. The van der Waals surface area contributed by atoms with E-state index >= 15 is 0 Å². The van der Waals surface area contributed by atoms with Gasteiger partial charge in [-0.25, -0.2) is 0 Å². The minimum Gasteiger partial charge on any atom is -0.382 e. The van der Waals surface area contributed by atoms with Gasteiger partial charge in [0.2, 0.25) is 0 Å². The molecule has 0 aliphatic carbocycles. The van der Waals surface area contributed by atoms with Crippen LogP contribution in [0.5, 0.6) is 0 Å². The topological polar surface area (TPSA) is 29.1 Å². The fourth-order valence-corrected chi connectivity index (χ4v) is 2.14. The number of aryl methyl sites for hydroxylation is 2. The summed E-state index contributed by atoms with van der Waals surface area (Å²) in [6, 6.07) is 6.72. The van der Waals surface area contributed by atoms with Gasteiger partial charge in [0.25, 0.3) is 0 Å². The monoisotopic (exact) mass is 247 g/mol. The summed E-state index contributed by atoms with van der Waals surface area (Å²) in [6.45, 7) is 8.35. The van der Waals surface area contributed by atoms with E-state index in [0.717, 1.165) is 12.8 Å². The highest BCUT2D eigenvalue weighted by atomic mass is 16.1. The molecule has 1 N–H and O–H groups in total. The lowest BCUT2D eigenvalue weighted by molar-refractivity contribution is -0.118. The number of hydrogen-bond acceptors (Lipinski definition) is 2. The van der Waals surface area contributed by atoms with Gasteiger partial charge in [-0.2, -0.15) is 0 Å². The second kappa shape index (κ2) is 7.20. The zero-order valence-electron chi connectivity index (χ0n) is 12.0. The standard InChI is InChI=1S/C16H25NO/c1-5-14(10-11-15(18)6-2)17-16-12(3)8-7-9-13(16)4/h7-9,14,17H,5-6,10-11H2,1-4H3. The minimum absolute atomic E-state index is 0.358. The average molecular weight is 247 g/mol. The van der Waals surface area contributed by atoms with Crippen LogP contribution in [0.2, 0.25) is 0 Å². The molecule has 0 fully saturated rings. The summed E-state index contributed by atoms with van der Waals surface area (Å²) in [5, 5.41) is 3.59. The number of Topliss-reactive ketones (excluding diaryl/α,β-unsaturated/α-hetero) is 1. The molecule has 0 amide bonds. The maximum Gasteiger partial charge on any atom is 0.132 e. The number of benzene rings is 1. The lowest BCUT2D eigenvalue weighted by Crippen LogP contribution is -2.20. The largest absolute Gasteiger partial charge is 0.382 e. The molecule has 18 heavy (non-hydrogen) atoms. The predicted molar refractivity (Wildman–Crippen MR) is 78.1 cm³/mol. The van der Waals surface area contributed by atoms with E-state index in [1.54, 1.807) is 0 Å². The fraction of sp³-hybridized carbons (Fsp3) is 0.562. The molecule has 1 aromatic carbocycles. The lowest BCUT2D eigenvalue weighted by atomic mass is 10.0. The van der Waals surface area contributed by atoms with Crippen LogP contribution in [0.3, 0.4) is 0 Å². The second-order valence-corrected chi connectivity index (χ2v) is 4.95. The van der Waals surface area contributed by atoms with Crippen molar-refractivity contribution in [3.8, 4) is 0 Å². The van der Waals surface area contributed by atoms with Crippen LogP contribution in [0.1, 0.15) is 50.7 Å². The quantitative estimate of drug-likeness (QED) is 0.780. The molecule has 0 aromatic heterocycles. The highest BCUT2D eigenvalue weighted by Gasteiger charge is 2.11. The summed E-state index contributed by atoms with van der Waals surface area (Å²) in [5.74, 6) is 0.358. The number of nitrogens with one attached hydrogen (secondary N) is 1. The minimum atomic E-state index is 0.358. The summed E-state index contributed by atoms with van der Waals surface area (Å²) < 4.78 is 0.